The van der Waals surface area contributed by atoms with Crippen LogP contribution in [-0.4, -0.2) is 58.4 Å². The number of amides is 3. The number of carbonyl (C=O) groups excluding carboxylic acids is 3. The number of rotatable bonds is 14. The quantitative estimate of drug-likeness (QED) is 0.0923. The highest BCUT2D eigenvalue weighted by Gasteiger charge is 2.30. The van der Waals surface area contributed by atoms with Crippen LogP contribution in [0.3, 0.4) is 0 Å². The Morgan fingerprint density at radius 2 is 1.83 bits per heavy atom. The number of carbonyl (C=O) groups is 3. The van der Waals surface area contributed by atoms with Gasteiger partial charge in [0, 0.05) is 12.6 Å². The van der Waals surface area contributed by atoms with E-state index >= 15 is 0 Å². The molecule has 1 unspecified atom stereocenters. The molecule has 12 heteroatoms. The fraction of sp³-hybridized carbons (Fsp3) is 0.542. The van der Waals surface area contributed by atoms with E-state index in [1.165, 1.54) is 18.2 Å². The molecule has 11 nitrogen and oxygen atoms in total. The van der Waals surface area contributed by atoms with Gasteiger partial charge in [-0.2, -0.15) is 5.26 Å². The van der Waals surface area contributed by atoms with Gasteiger partial charge in [0.15, 0.2) is 0 Å². The maximum atomic E-state index is 12.9. The van der Waals surface area contributed by atoms with Crippen LogP contribution in [0.5, 0.6) is 0 Å². The van der Waals surface area contributed by atoms with Crippen LogP contribution in [0.2, 0.25) is 0 Å². The second kappa shape index (κ2) is 15.5. The van der Waals surface area contributed by atoms with Gasteiger partial charge in [-0.1, -0.05) is 39.8 Å². The van der Waals surface area contributed by atoms with Crippen molar-refractivity contribution in [3.05, 3.63) is 45.9 Å². The molecule has 1 aromatic rings. The molecule has 0 spiro atoms. The number of aromatic nitrogens is 1. The maximum absolute atomic E-state index is 12.9. The summed E-state index contributed by atoms with van der Waals surface area (Å²) in [4.78, 5) is 51.6. The molecule has 2 atom stereocenters. The summed E-state index contributed by atoms with van der Waals surface area (Å²) in [6.07, 6.45) is 2.96. The molecule has 0 aromatic carbocycles. The van der Waals surface area contributed by atoms with Gasteiger partial charge in [0.1, 0.15) is 23.4 Å². The second-order valence-corrected chi connectivity index (χ2v) is 9.30. The molecule has 3 amide bonds. The van der Waals surface area contributed by atoms with Gasteiger partial charge in [-0.05, 0) is 43.6 Å². The molecular formula is C24H36BN5O6. The van der Waals surface area contributed by atoms with E-state index in [9.17, 15) is 29.2 Å². The molecule has 36 heavy (non-hydrogen) atoms. The van der Waals surface area contributed by atoms with Crippen LogP contribution < -0.4 is 21.5 Å². The highest BCUT2D eigenvalue weighted by atomic mass is 16.4. The maximum Gasteiger partial charge on any atom is 0.475 e. The standard InChI is InChI=1S/C24H36BN5O6/c1-15(2)12-17(14-26)22(32)27-11-6-5-8-19(24(34)30-20(25(35)36)13-16(3)4)29-23(33)18-9-7-10-21(31)28-18/h7,9-10,12,15-16,19-20,35-36H,5-6,8,11,13H2,1-4H3,(H,27,32)(H,28,31)(H,29,33)(H,30,34)/t19-,20?/m0/s1. The summed E-state index contributed by atoms with van der Waals surface area (Å²) < 4.78 is 0. The van der Waals surface area contributed by atoms with Crippen molar-refractivity contribution in [3.63, 3.8) is 0 Å². The van der Waals surface area contributed by atoms with Gasteiger partial charge in [-0.3, -0.25) is 19.2 Å². The minimum absolute atomic E-state index is 0.0190. The van der Waals surface area contributed by atoms with Gasteiger partial charge in [0.25, 0.3) is 11.8 Å². The third-order valence-electron chi connectivity index (χ3n) is 5.12. The van der Waals surface area contributed by atoms with Crippen molar-refractivity contribution in [3.8, 4) is 6.07 Å². The van der Waals surface area contributed by atoms with E-state index in [0.29, 0.717) is 19.3 Å². The lowest BCUT2D eigenvalue weighted by atomic mass is 9.75. The average molecular weight is 501 g/mol. The second-order valence-electron chi connectivity index (χ2n) is 9.30. The molecule has 0 aliphatic rings. The van der Waals surface area contributed by atoms with Crippen molar-refractivity contribution >= 4 is 24.8 Å². The first-order valence-corrected chi connectivity index (χ1v) is 12.0. The van der Waals surface area contributed by atoms with Crippen LogP contribution in [0.1, 0.15) is 63.9 Å². The Morgan fingerprint density at radius 1 is 1.14 bits per heavy atom. The summed E-state index contributed by atoms with van der Waals surface area (Å²) in [5.41, 5.74) is -0.456. The number of nitriles is 1. The first-order chi connectivity index (χ1) is 16.9. The molecule has 0 aliphatic heterocycles. The number of hydrogen-bond acceptors (Lipinski definition) is 7. The zero-order valence-electron chi connectivity index (χ0n) is 21.2. The van der Waals surface area contributed by atoms with E-state index in [2.05, 4.69) is 20.9 Å². The molecule has 0 aliphatic carbocycles. The molecule has 0 bridgehead atoms. The van der Waals surface area contributed by atoms with Gasteiger partial charge in [0.2, 0.25) is 11.5 Å². The summed E-state index contributed by atoms with van der Waals surface area (Å²) in [7, 11) is -1.78. The van der Waals surface area contributed by atoms with Gasteiger partial charge in [-0.15, -0.1) is 0 Å². The molecule has 1 rings (SSSR count). The number of allylic oxidation sites excluding steroid dienone is 1. The van der Waals surface area contributed by atoms with E-state index in [0.717, 1.165) is 0 Å². The Kier molecular flexibility index (Phi) is 13.2. The number of unbranched alkanes of at least 4 members (excludes halogenated alkanes) is 1. The van der Waals surface area contributed by atoms with Crippen LogP contribution in [-0.2, 0) is 9.59 Å². The van der Waals surface area contributed by atoms with E-state index in [-0.39, 0.29) is 36.1 Å². The Hall–Kier alpha value is -3.43. The van der Waals surface area contributed by atoms with Gasteiger partial charge < -0.3 is 31.0 Å². The molecular weight excluding hydrogens is 465 g/mol. The van der Waals surface area contributed by atoms with E-state index in [1.54, 1.807) is 6.08 Å². The molecule has 0 saturated heterocycles. The number of aromatic amines is 1. The zero-order chi connectivity index (χ0) is 27.3. The summed E-state index contributed by atoms with van der Waals surface area (Å²) >= 11 is 0. The highest BCUT2D eigenvalue weighted by Crippen LogP contribution is 2.09. The predicted molar refractivity (Wildman–Crippen MR) is 135 cm³/mol. The highest BCUT2D eigenvalue weighted by molar-refractivity contribution is 6.43. The first-order valence-electron chi connectivity index (χ1n) is 12.0. The normalized spacial score (nSPS) is 13.0. The molecule has 1 aromatic heterocycles. The van der Waals surface area contributed by atoms with Crippen molar-refractivity contribution in [2.75, 3.05) is 6.54 Å². The SMILES string of the molecule is CC(C)C=C(C#N)C(=O)NCCCC[C@H](NC(=O)c1cccc(=O)[nH]1)C(=O)NC(CC(C)C)B(O)O. The average Bonchev–Trinajstić information content (AvgIpc) is 2.80. The number of nitrogens with zero attached hydrogens (tertiary/aromatic N) is 1. The molecule has 0 fully saturated rings. The Bertz CT molecular complexity index is 1010. The Morgan fingerprint density at radius 3 is 2.39 bits per heavy atom. The van der Waals surface area contributed by atoms with E-state index in [1.807, 2.05) is 33.8 Å². The third kappa shape index (κ3) is 11.3. The molecule has 0 radical (unpaired) electrons. The fourth-order valence-electron chi connectivity index (χ4n) is 3.40. The van der Waals surface area contributed by atoms with Gasteiger partial charge >= 0.3 is 7.12 Å². The molecule has 196 valence electrons. The van der Waals surface area contributed by atoms with E-state index < -0.39 is 42.4 Å². The summed E-state index contributed by atoms with van der Waals surface area (Å²) in [6.45, 7) is 7.72. The first kappa shape index (κ1) is 30.6. The smallest absolute Gasteiger partial charge is 0.426 e. The minimum atomic E-state index is -1.78. The molecule has 0 saturated carbocycles. The van der Waals surface area contributed by atoms with Gasteiger partial charge in [-0.25, -0.2) is 0 Å². The fourth-order valence-corrected chi connectivity index (χ4v) is 3.40. The third-order valence-corrected chi connectivity index (χ3v) is 5.12. The van der Waals surface area contributed by atoms with Crippen molar-refractivity contribution in [2.45, 2.75) is 65.4 Å². The summed E-state index contributed by atoms with van der Waals surface area (Å²) in [5, 5.41) is 36.2. The molecule has 6 N–H and O–H groups in total. The number of pyridine rings is 1. The Labute approximate surface area is 211 Å². The Balaban J connectivity index is 2.83. The van der Waals surface area contributed by atoms with Crippen LogP contribution in [0.4, 0.5) is 0 Å². The summed E-state index contributed by atoms with van der Waals surface area (Å²) in [6, 6.07) is 4.91. The van der Waals surface area contributed by atoms with Crippen molar-refractivity contribution in [1.82, 2.24) is 20.9 Å². The lowest BCUT2D eigenvalue weighted by Gasteiger charge is -2.24. The monoisotopic (exact) mass is 501 g/mol. The summed E-state index contributed by atoms with van der Waals surface area (Å²) in [5.74, 6) is -2.55. The largest absolute Gasteiger partial charge is 0.475 e. The van der Waals surface area contributed by atoms with Crippen LogP contribution in [0.25, 0.3) is 0 Å². The lowest BCUT2D eigenvalue weighted by Crippen LogP contribution is -2.54. The molecule has 1 heterocycles. The number of hydrogen-bond donors (Lipinski definition) is 6. The van der Waals surface area contributed by atoms with Crippen LogP contribution in [0.15, 0.2) is 34.6 Å². The minimum Gasteiger partial charge on any atom is -0.426 e. The lowest BCUT2D eigenvalue weighted by molar-refractivity contribution is -0.123. The van der Waals surface area contributed by atoms with Crippen LogP contribution >= 0.6 is 0 Å². The zero-order valence-corrected chi connectivity index (χ0v) is 21.2. The van der Waals surface area contributed by atoms with E-state index in [4.69, 9.17) is 5.26 Å². The number of H-pyrrole nitrogens is 1. The topological polar surface area (TPSA) is 184 Å². The van der Waals surface area contributed by atoms with Crippen molar-refractivity contribution < 1.29 is 24.4 Å². The number of nitrogens with one attached hydrogen (secondary N) is 4. The van der Waals surface area contributed by atoms with Crippen molar-refractivity contribution in [2.24, 2.45) is 11.8 Å². The van der Waals surface area contributed by atoms with Crippen LogP contribution in [0, 0.1) is 23.2 Å². The van der Waals surface area contributed by atoms with Gasteiger partial charge in [0.05, 0.1) is 5.94 Å². The predicted octanol–water partition coefficient (Wildman–Crippen LogP) is 0.409. The van der Waals surface area contributed by atoms with Crippen molar-refractivity contribution in [1.29, 1.82) is 5.26 Å².